The molecule has 0 bridgehead atoms. The summed E-state index contributed by atoms with van der Waals surface area (Å²) in [5, 5.41) is 10.2. The van der Waals surface area contributed by atoms with E-state index in [0.29, 0.717) is 17.9 Å². The molecule has 1 N–H and O–H groups in total. The van der Waals surface area contributed by atoms with Crippen molar-refractivity contribution in [3.63, 3.8) is 0 Å². The van der Waals surface area contributed by atoms with Gasteiger partial charge in [-0.1, -0.05) is 11.6 Å². The number of aliphatic hydroxyl groups excluding tert-OH is 1. The van der Waals surface area contributed by atoms with Gasteiger partial charge in [-0.2, -0.15) is 0 Å². The second-order valence-corrected chi connectivity index (χ2v) is 4.87. The number of ether oxygens (including phenoxy) is 1. The summed E-state index contributed by atoms with van der Waals surface area (Å²) in [5.41, 5.74) is 0. The van der Waals surface area contributed by atoms with Crippen LogP contribution in [0.25, 0.3) is 0 Å². The Morgan fingerprint density at radius 2 is 2.00 bits per heavy atom. The molecule has 1 aromatic rings. The highest BCUT2D eigenvalue weighted by Gasteiger charge is 2.30. The first-order chi connectivity index (χ1) is 7.65. The summed E-state index contributed by atoms with van der Waals surface area (Å²) in [6.07, 6.45) is 4.16. The highest BCUT2D eigenvalue weighted by molar-refractivity contribution is 6.30. The number of rotatable bonds is 2. The van der Waals surface area contributed by atoms with Gasteiger partial charge >= 0.3 is 6.01 Å². The lowest BCUT2D eigenvalue weighted by Crippen LogP contribution is -2.38. The van der Waals surface area contributed by atoms with Crippen molar-refractivity contribution in [2.45, 2.75) is 36.8 Å². The summed E-state index contributed by atoms with van der Waals surface area (Å²) in [5.74, 6) is 0. The van der Waals surface area contributed by atoms with Gasteiger partial charge in [-0.15, -0.1) is 11.6 Å². The largest absolute Gasteiger partial charge is 0.457 e. The highest BCUT2D eigenvalue weighted by Crippen LogP contribution is 2.25. The number of aromatic nitrogens is 2. The van der Waals surface area contributed by atoms with Crippen LogP contribution < -0.4 is 4.74 Å². The van der Waals surface area contributed by atoms with E-state index < -0.39 is 6.10 Å². The minimum absolute atomic E-state index is 0.0287. The smallest absolute Gasteiger partial charge is 0.316 e. The van der Waals surface area contributed by atoms with Crippen LogP contribution >= 0.6 is 23.2 Å². The first-order valence-corrected chi connectivity index (χ1v) is 5.93. The predicted molar refractivity (Wildman–Crippen MR) is 61.0 cm³/mol. The Morgan fingerprint density at radius 3 is 2.62 bits per heavy atom. The molecule has 6 heteroatoms. The first-order valence-electron chi connectivity index (χ1n) is 5.11. The van der Waals surface area contributed by atoms with Gasteiger partial charge in [0.25, 0.3) is 0 Å². The summed E-state index contributed by atoms with van der Waals surface area (Å²) in [6.45, 7) is 0. The summed E-state index contributed by atoms with van der Waals surface area (Å²) in [4.78, 5) is 7.83. The van der Waals surface area contributed by atoms with E-state index in [1.807, 2.05) is 0 Å². The van der Waals surface area contributed by atoms with E-state index in [1.54, 1.807) is 0 Å². The van der Waals surface area contributed by atoms with Crippen molar-refractivity contribution in [1.82, 2.24) is 9.97 Å². The quantitative estimate of drug-likeness (QED) is 0.829. The molecule has 88 valence electrons. The Labute approximate surface area is 104 Å². The highest BCUT2D eigenvalue weighted by atomic mass is 35.5. The maximum absolute atomic E-state index is 9.76. The standard InChI is InChI=1S/C10H12Cl2N2O2/c11-6-1-2-9(8(15)3-6)16-10-13-4-7(12)5-14-10/h4-6,8-9,15H,1-3H2/t6?,8?,9-/m1/s1. The van der Waals surface area contributed by atoms with E-state index in [0.717, 1.165) is 6.42 Å². The van der Waals surface area contributed by atoms with E-state index in [1.165, 1.54) is 12.4 Å². The molecule has 4 nitrogen and oxygen atoms in total. The number of halogens is 2. The Kier molecular flexibility index (Phi) is 3.84. The van der Waals surface area contributed by atoms with Crippen LogP contribution in [-0.4, -0.2) is 32.7 Å². The summed E-state index contributed by atoms with van der Waals surface area (Å²) in [6, 6.07) is 0.237. The number of hydrogen-bond donors (Lipinski definition) is 1. The molecule has 2 unspecified atom stereocenters. The maximum Gasteiger partial charge on any atom is 0.316 e. The second-order valence-electron chi connectivity index (χ2n) is 3.82. The Bertz CT molecular complexity index is 347. The zero-order valence-corrected chi connectivity index (χ0v) is 10.0. The van der Waals surface area contributed by atoms with Crippen molar-refractivity contribution in [3.8, 4) is 6.01 Å². The van der Waals surface area contributed by atoms with Crippen molar-refractivity contribution in [2.24, 2.45) is 0 Å². The normalized spacial score (nSPS) is 30.1. The molecule has 0 aliphatic heterocycles. The Morgan fingerprint density at radius 1 is 1.31 bits per heavy atom. The Balaban J connectivity index is 1.96. The molecule has 0 amide bonds. The van der Waals surface area contributed by atoms with Gasteiger partial charge in [0.1, 0.15) is 6.10 Å². The van der Waals surface area contributed by atoms with Crippen molar-refractivity contribution >= 4 is 23.2 Å². The van der Waals surface area contributed by atoms with Crippen molar-refractivity contribution < 1.29 is 9.84 Å². The molecule has 1 aliphatic carbocycles. The molecule has 0 aromatic carbocycles. The monoisotopic (exact) mass is 262 g/mol. The number of hydrogen-bond acceptors (Lipinski definition) is 4. The topological polar surface area (TPSA) is 55.2 Å². The van der Waals surface area contributed by atoms with Crippen LogP contribution in [0.3, 0.4) is 0 Å². The van der Waals surface area contributed by atoms with Gasteiger partial charge in [0.2, 0.25) is 0 Å². The van der Waals surface area contributed by atoms with Crippen molar-refractivity contribution in [3.05, 3.63) is 17.4 Å². The second kappa shape index (κ2) is 5.17. The predicted octanol–water partition coefficient (Wildman–Crippen LogP) is 2.03. The minimum Gasteiger partial charge on any atom is -0.457 e. The fourth-order valence-electron chi connectivity index (χ4n) is 1.70. The van der Waals surface area contributed by atoms with E-state index in [4.69, 9.17) is 27.9 Å². The zero-order valence-electron chi connectivity index (χ0n) is 8.51. The fourth-order valence-corrected chi connectivity index (χ4v) is 2.11. The van der Waals surface area contributed by atoms with Crippen LogP contribution in [0.2, 0.25) is 5.02 Å². The lowest BCUT2D eigenvalue weighted by molar-refractivity contribution is 0.00318. The average Bonchev–Trinajstić information content (AvgIpc) is 2.25. The summed E-state index contributed by atoms with van der Waals surface area (Å²) >= 11 is 11.6. The first kappa shape index (κ1) is 11.9. The van der Waals surface area contributed by atoms with E-state index in [9.17, 15) is 5.11 Å². The van der Waals surface area contributed by atoms with E-state index in [2.05, 4.69) is 9.97 Å². The number of alkyl halides is 1. The SMILES string of the molecule is OC1CC(Cl)CC[C@H]1Oc1ncc(Cl)cn1. The van der Waals surface area contributed by atoms with Gasteiger partial charge in [0, 0.05) is 5.38 Å². The third-order valence-corrected chi connectivity index (χ3v) is 3.14. The van der Waals surface area contributed by atoms with Crippen molar-refractivity contribution in [1.29, 1.82) is 0 Å². The van der Waals surface area contributed by atoms with Gasteiger partial charge in [-0.05, 0) is 19.3 Å². The van der Waals surface area contributed by atoms with E-state index >= 15 is 0 Å². The van der Waals surface area contributed by atoms with Gasteiger partial charge in [0.05, 0.1) is 23.5 Å². The van der Waals surface area contributed by atoms with Gasteiger partial charge in [-0.25, -0.2) is 9.97 Å². The molecule has 1 aliphatic rings. The number of nitrogens with zero attached hydrogens (tertiary/aromatic N) is 2. The van der Waals surface area contributed by atoms with Gasteiger partial charge in [0.15, 0.2) is 0 Å². The van der Waals surface area contributed by atoms with Crippen LogP contribution in [0.15, 0.2) is 12.4 Å². The summed E-state index contributed by atoms with van der Waals surface area (Å²) in [7, 11) is 0. The molecular formula is C10H12Cl2N2O2. The molecule has 3 atom stereocenters. The van der Waals surface area contributed by atoms with Gasteiger partial charge < -0.3 is 9.84 Å². The van der Waals surface area contributed by atoms with Crippen LogP contribution in [0.1, 0.15) is 19.3 Å². The summed E-state index contributed by atoms with van der Waals surface area (Å²) < 4.78 is 5.48. The lowest BCUT2D eigenvalue weighted by Gasteiger charge is -2.29. The molecule has 0 saturated heterocycles. The van der Waals surface area contributed by atoms with Crippen LogP contribution in [0, 0.1) is 0 Å². The Hall–Kier alpha value is -0.580. The molecule has 1 heterocycles. The van der Waals surface area contributed by atoms with Crippen LogP contribution in [0.5, 0.6) is 6.01 Å². The molecule has 1 saturated carbocycles. The third-order valence-electron chi connectivity index (χ3n) is 2.54. The molecule has 1 aromatic heterocycles. The average molecular weight is 263 g/mol. The van der Waals surface area contributed by atoms with Crippen LogP contribution in [-0.2, 0) is 0 Å². The lowest BCUT2D eigenvalue weighted by atomic mass is 9.94. The molecular weight excluding hydrogens is 251 g/mol. The maximum atomic E-state index is 9.76. The minimum atomic E-state index is -0.560. The fraction of sp³-hybridized carbons (Fsp3) is 0.600. The zero-order chi connectivity index (χ0) is 11.5. The molecule has 1 fully saturated rings. The third kappa shape index (κ3) is 2.97. The van der Waals surface area contributed by atoms with E-state index in [-0.39, 0.29) is 17.5 Å². The van der Waals surface area contributed by atoms with Gasteiger partial charge in [-0.3, -0.25) is 0 Å². The molecule has 2 rings (SSSR count). The number of aliphatic hydroxyl groups is 1. The van der Waals surface area contributed by atoms with Crippen LogP contribution in [0.4, 0.5) is 0 Å². The molecule has 16 heavy (non-hydrogen) atoms. The molecule has 0 spiro atoms. The molecule has 0 radical (unpaired) electrons. The van der Waals surface area contributed by atoms with Crippen molar-refractivity contribution in [2.75, 3.05) is 0 Å².